The van der Waals surface area contributed by atoms with Crippen molar-refractivity contribution >= 4 is 11.8 Å². The Labute approximate surface area is 115 Å². The maximum absolute atomic E-state index is 12.4. The minimum Gasteiger partial charge on any atom is -0.466 e. The second kappa shape index (κ2) is 5.10. The summed E-state index contributed by atoms with van der Waals surface area (Å²) in [5, 5.41) is 0. The number of Topliss-reactive ketones (excluding diaryl/α,β-unsaturated/α-hetero) is 1. The number of hydrogen-bond donors (Lipinski definition) is 0. The average Bonchev–Trinajstić information content (AvgIpc) is 2.70. The maximum atomic E-state index is 12.4. The second-order valence-electron chi connectivity index (χ2n) is 6.28. The van der Waals surface area contributed by atoms with E-state index in [-0.39, 0.29) is 23.1 Å². The summed E-state index contributed by atoms with van der Waals surface area (Å²) in [6.45, 7) is 8.16. The van der Waals surface area contributed by atoms with E-state index in [1.54, 1.807) is 0 Å². The summed E-state index contributed by atoms with van der Waals surface area (Å²) in [6.07, 6.45) is 6.66. The summed E-state index contributed by atoms with van der Waals surface area (Å²) in [6, 6.07) is 0. The van der Waals surface area contributed by atoms with E-state index in [2.05, 4.69) is 13.5 Å². The number of hydrogen-bond acceptors (Lipinski definition) is 3. The van der Waals surface area contributed by atoms with Crippen LogP contribution in [0.1, 0.15) is 52.4 Å². The second-order valence-corrected chi connectivity index (χ2v) is 6.28. The molecule has 0 amide bonds. The topological polar surface area (TPSA) is 43.4 Å². The lowest BCUT2D eigenvalue weighted by Crippen LogP contribution is -2.49. The average molecular weight is 264 g/mol. The summed E-state index contributed by atoms with van der Waals surface area (Å²) >= 11 is 0. The van der Waals surface area contributed by atoms with Crippen molar-refractivity contribution in [3.8, 4) is 0 Å². The highest BCUT2D eigenvalue weighted by molar-refractivity contribution is 5.93. The Balaban J connectivity index is 2.39. The quantitative estimate of drug-likeness (QED) is 0.578. The van der Waals surface area contributed by atoms with Gasteiger partial charge < -0.3 is 4.74 Å². The molecule has 106 valence electrons. The lowest BCUT2D eigenvalue weighted by Gasteiger charge is -2.47. The Bertz CT molecular complexity index is 401. The third-order valence-electron chi connectivity index (χ3n) is 5.05. The molecule has 0 radical (unpaired) electrons. The molecular formula is C16H24O3. The van der Waals surface area contributed by atoms with E-state index in [9.17, 15) is 9.59 Å². The SMILES string of the molecule is C=CC[C@]1(C)CCC[C@@]2(C(=O)OCC)CCC(=O)[C@@H]12. The number of carbonyl (C=O) groups excluding carboxylic acids is 2. The molecule has 2 aliphatic rings. The summed E-state index contributed by atoms with van der Waals surface area (Å²) in [7, 11) is 0. The van der Waals surface area contributed by atoms with Crippen LogP contribution in [0.15, 0.2) is 12.7 Å². The fraction of sp³-hybridized carbons (Fsp3) is 0.750. The minimum absolute atomic E-state index is 0.125. The van der Waals surface area contributed by atoms with E-state index >= 15 is 0 Å². The van der Waals surface area contributed by atoms with Gasteiger partial charge in [0.1, 0.15) is 5.78 Å². The fourth-order valence-corrected chi connectivity index (χ4v) is 4.37. The Morgan fingerprint density at radius 2 is 2.21 bits per heavy atom. The first-order valence-corrected chi connectivity index (χ1v) is 7.31. The van der Waals surface area contributed by atoms with E-state index in [0.717, 1.165) is 25.7 Å². The minimum atomic E-state index is -0.552. The predicted octanol–water partition coefficient (Wildman–Crippen LogP) is 3.28. The molecule has 0 bridgehead atoms. The summed E-state index contributed by atoms with van der Waals surface area (Å²) in [5.41, 5.74) is -0.677. The molecule has 0 spiro atoms. The van der Waals surface area contributed by atoms with Crippen molar-refractivity contribution in [2.24, 2.45) is 16.7 Å². The van der Waals surface area contributed by atoms with Crippen LogP contribution >= 0.6 is 0 Å². The molecule has 3 nitrogen and oxygen atoms in total. The molecule has 3 heteroatoms. The number of allylic oxidation sites excluding steroid dienone is 1. The van der Waals surface area contributed by atoms with Gasteiger partial charge in [-0.25, -0.2) is 0 Å². The first-order chi connectivity index (χ1) is 9.00. The molecule has 19 heavy (non-hydrogen) atoms. The first kappa shape index (κ1) is 14.3. The van der Waals surface area contributed by atoms with E-state index in [1.807, 2.05) is 13.0 Å². The summed E-state index contributed by atoms with van der Waals surface area (Å²) in [5.74, 6) is -0.0799. The van der Waals surface area contributed by atoms with E-state index < -0.39 is 5.41 Å². The fourth-order valence-electron chi connectivity index (χ4n) is 4.37. The van der Waals surface area contributed by atoms with Crippen LogP contribution in [0, 0.1) is 16.7 Å². The van der Waals surface area contributed by atoms with Gasteiger partial charge in [0.25, 0.3) is 0 Å². The highest BCUT2D eigenvalue weighted by atomic mass is 16.5. The van der Waals surface area contributed by atoms with Gasteiger partial charge in [-0.15, -0.1) is 6.58 Å². The number of ether oxygens (including phenoxy) is 1. The van der Waals surface area contributed by atoms with Crippen molar-refractivity contribution in [2.75, 3.05) is 6.61 Å². The van der Waals surface area contributed by atoms with E-state index in [4.69, 9.17) is 4.74 Å². The van der Waals surface area contributed by atoms with Gasteiger partial charge in [0.15, 0.2) is 0 Å². The zero-order chi connectivity index (χ0) is 14.1. The number of rotatable bonds is 4. The molecule has 0 aromatic rings. The Morgan fingerprint density at radius 3 is 2.84 bits per heavy atom. The van der Waals surface area contributed by atoms with Gasteiger partial charge in [0.2, 0.25) is 0 Å². The molecule has 0 aliphatic heterocycles. The van der Waals surface area contributed by atoms with Crippen LogP contribution in [0.25, 0.3) is 0 Å². The Kier molecular flexibility index (Phi) is 3.84. The summed E-state index contributed by atoms with van der Waals surface area (Å²) < 4.78 is 5.29. The smallest absolute Gasteiger partial charge is 0.312 e. The molecular weight excluding hydrogens is 240 g/mol. The van der Waals surface area contributed by atoms with Crippen molar-refractivity contribution in [1.82, 2.24) is 0 Å². The lowest BCUT2D eigenvalue weighted by molar-refractivity contribution is -0.167. The van der Waals surface area contributed by atoms with Crippen LogP contribution in [0.4, 0.5) is 0 Å². The molecule has 0 saturated heterocycles. The van der Waals surface area contributed by atoms with Crippen molar-refractivity contribution in [1.29, 1.82) is 0 Å². The molecule has 0 N–H and O–H groups in total. The molecule has 2 rings (SSSR count). The van der Waals surface area contributed by atoms with Gasteiger partial charge in [-0.3, -0.25) is 9.59 Å². The highest BCUT2D eigenvalue weighted by Crippen LogP contribution is 2.59. The summed E-state index contributed by atoms with van der Waals surface area (Å²) in [4.78, 5) is 24.8. The molecule has 0 aromatic carbocycles. The third kappa shape index (κ3) is 2.13. The number of ketones is 1. The van der Waals surface area contributed by atoms with Gasteiger partial charge in [0.05, 0.1) is 12.0 Å². The van der Waals surface area contributed by atoms with E-state index in [0.29, 0.717) is 19.4 Å². The zero-order valence-electron chi connectivity index (χ0n) is 12.0. The molecule has 2 saturated carbocycles. The Hall–Kier alpha value is -1.12. The van der Waals surface area contributed by atoms with Gasteiger partial charge in [-0.05, 0) is 38.0 Å². The largest absolute Gasteiger partial charge is 0.466 e. The van der Waals surface area contributed by atoms with Crippen LogP contribution in [0.3, 0.4) is 0 Å². The van der Waals surface area contributed by atoms with Gasteiger partial charge in [-0.1, -0.05) is 19.4 Å². The first-order valence-electron chi connectivity index (χ1n) is 7.31. The van der Waals surface area contributed by atoms with Crippen LogP contribution in [0.2, 0.25) is 0 Å². The third-order valence-corrected chi connectivity index (χ3v) is 5.05. The van der Waals surface area contributed by atoms with Crippen LogP contribution in [-0.4, -0.2) is 18.4 Å². The molecule has 2 fully saturated rings. The van der Waals surface area contributed by atoms with Crippen molar-refractivity contribution in [3.63, 3.8) is 0 Å². The van der Waals surface area contributed by atoms with Gasteiger partial charge >= 0.3 is 5.97 Å². The number of carbonyl (C=O) groups is 2. The molecule has 3 atom stereocenters. The molecule has 0 unspecified atom stereocenters. The van der Waals surface area contributed by atoms with Crippen molar-refractivity contribution in [3.05, 3.63) is 12.7 Å². The van der Waals surface area contributed by atoms with Gasteiger partial charge in [-0.2, -0.15) is 0 Å². The van der Waals surface area contributed by atoms with Crippen LogP contribution in [-0.2, 0) is 14.3 Å². The zero-order valence-corrected chi connectivity index (χ0v) is 12.0. The molecule has 0 aromatic heterocycles. The van der Waals surface area contributed by atoms with Gasteiger partial charge in [0, 0.05) is 12.3 Å². The highest BCUT2D eigenvalue weighted by Gasteiger charge is 2.61. The Morgan fingerprint density at radius 1 is 1.47 bits per heavy atom. The normalized spacial score (nSPS) is 37.8. The van der Waals surface area contributed by atoms with E-state index in [1.165, 1.54) is 0 Å². The number of fused-ring (bicyclic) bond motifs is 1. The monoisotopic (exact) mass is 264 g/mol. The number of esters is 1. The van der Waals surface area contributed by atoms with Crippen molar-refractivity contribution < 1.29 is 14.3 Å². The predicted molar refractivity (Wildman–Crippen MR) is 73.6 cm³/mol. The molecule has 0 heterocycles. The molecule has 2 aliphatic carbocycles. The maximum Gasteiger partial charge on any atom is 0.312 e. The van der Waals surface area contributed by atoms with Crippen LogP contribution in [0.5, 0.6) is 0 Å². The standard InChI is InChI=1S/C16H24O3/c1-4-8-15(3)9-6-10-16(14(18)19-5-2)11-7-12(17)13(15)16/h4,13H,1,5-11H2,2-3H3/t13-,15+,16+/m0/s1. The van der Waals surface area contributed by atoms with Crippen LogP contribution < -0.4 is 0 Å². The lowest BCUT2D eigenvalue weighted by atomic mass is 9.55. The van der Waals surface area contributed by atoms with Crippen molar-refractivity contribution in [2.45, 2.75) is 52.4 Å².